The van der Waals surface area contributed by atoms with Crippen molar-refractivity contribution >= 4 is 22.2 Å². The van der Waals surface area contributed by atoms with Gasteiger partial charge in [-0.15, -0.1) is 11.3 Å². The van der Waals surface area contributed by atoms with Gasteiger partial charge in [0.2, 0.25) is 0 Å². The van der Waals surface area contributed by atoms with Gasteiger partial charge >= 0.3 is 0 Å². The summed E-state index contributed by atoms with van der Waals surface area (Å²) < 4.78 is 0. The van der Waals surface area contributed by atoms with Crippen LogP contribution < -0.4 is 5.32 Å². The minimum absolute atomic E-state index is 0.468. The average molecular weight is 296 g/mol. The molecule has 0 saturated heterocycles. The summed E-state index contributed by atoms with van der Waals surface area (Å²) >= 11 is 1.88. The molecule has 1 N–H and O–H groups in total. The van der Waals surface area contributed by atoms with Gasteiger partial charge in [0.15, 0.2) is 0 Å². The van der Waals surface area contributed by atoms with Gasteiger partial charge in [0.1, 0.15) is 0 Å². The summed E-state index contributed by atoms with van der Waals surface area (Å²) in [6.07, 6.45) is 2.96. The number of rotatable bonds is 5. The first-order valence-corrected chi connectivity index (χ1v) is 8.31. The van der Waals surface area contributed by atoms with Crippen LogP contribution in [0.4, 0.5) is 0 Å². The molecule has 1 aromatic carbocycles. The highest BCUT2D eigenvalue weighted by Gasteiger charge is 2.11. The lowest BCUT2D eigenvalue weighted by molar-refractivity contribution is 0.545. The van der Waals surface area contributed by atoms with Crippen LogP contribution in [0.15, 0.2) is 48.7 Å². The number of thiophene rings is 1. The van der Waals surface area contributed by atoms with Crippen molar-refractivity contribution in [3.05, 3.63) is 53.5 Å². The number of nitrogens with zero attached hydrogens (tertiary/aromatic N) is 1. The zero-order chi connectivity index (χ0) is 14.7. The Labute approximate surface area is 129 Å². The first-order chi connectivity index (χ1) is 10.3. The van der Waals surface area contributed by atoms with Gasteiger partial charge in [-0.05, 0) is 48.9 Å². The number of pyridine rings is 1. The van der Waals surface area contributed by atoms with E-state index in [9.17, 15) is 0 Å². The van der Waals surface area contributed by atoms with Crippen molar-refractivity contribution in [3.8, 4) is 10.4 Å². The number of aromatic nitrogens is 1. The Bertz CT molecular complexity index is 733. The van der Waals surface area contributed by atoms with E-state index in [1.165, 1.54) is 20.7 Å². The fraction of sp³-hybridized carbons (Fsp3) is 0.278. The summed E-state index contributed by atoms with van der Waals surface area (Å²) in [5, 5.41) is 4.74. The van der Waals surface area contributed by atoms with E-state index in [0.29, 0.717) is 6.04 Å². The molecule has 0 fully saturated rings. The van der Waals surface area contributed by atoms with E-state index in [0.717, 1.165) is 18.5 Å². The zero-order valence-corrected chi connectivity index (χ0v) is 13.3. The molecule has 1 atom stereocenters. The molecule has 2 nitrogen and oxygen atoms in total. The summed E-state index contributed by atoms with van der Waals surface area (Å²) in [6.45, 7) is 5.40. The number of fused-ring (bicyclic) bond motifs is 1. The van der Waals surface area contributed by atoms with Crippen LogP contribution in [0.2, 0.25) is 0 Å². The molecule has 0 amide bonds. The summed E-state index contributed by atoms with van der Waals surface area (Å²) in [5.41, 5.74) is 2.33. The van der Waals surface area contributed by atoms with Crippen LogP contribution in [0.25, 0.3) is 21.3 Å². The van der Waals surface area contributed by atoms with Crippen molar-refractivity contribution in [2.45, 2.75) is 26.3 Å². The van der Waals surface area contributed by atoms with Gasteiger partial charge in [0, 0.05) is 27.4 Å². The van der Waals surface area contributed by atoms with E-state index < -0.39 is 0 Å². The normalized spacial score (nSPS) is 12.7. The summed E-state index contributed by atoms with van der Waals surface area (Å²) in [4.78, 5) is 7.12. The Hall–Kier alpha value is -1.71. The molecule has 2 aromatic heterocycles. The molecule has 0 bridgehead atoms. The molecule has 108 valence electrons. The second-order valence-corrected chi connectivity index (χ2v) is 6.25. The van der Waals surface area contributed by atoms with Gasteiger partial charge in [0.05, 0.1) is 5.52 Å². The highest BCUT2D eigenvalue weighted by molar-refractivity contribution is 7.15. The maximum Gasteiger partial charge on any atom is 0.0702 e. The summed E-state index contributed by atoms with van der Waals surface area (Å²) in [5.74, 6) is 0. The minimum atomic E-state index is 0.468. The molecule has 0 aliphatic carbocycles. The molecule has 0 aliphatic heterocycles. The molecule has 0 aliphatic rings. The Morgan fingerprint density at radius 1 is 1.14 bits per heavy atom. The maximum atomic E-state index is 4.38. The van der Waals surface area contributed by atoms with E-state index >= 15 is 0 Å². The molecule has 1 unspecified atom stereocenters. The van der Waals surface area contributed by atoms with Crippen LogP contribution in [-0.4, -0.2) is 11.5 Å². The molecule has 0 saturated carbocycles. The Balaban J connectivity index is 1.93. The topological polar surface area (TPSA) is 24.9 Å². The van der Waals surface area contributed by atoms with E-state index in [1.54, 1.807) is 0 Å². The van der Waals surface area contributed by atoms with E-state index in [-0.39, 0.29) is 0 Å². The second-order valence-electron chi connectivity index (χ2n) is 5.13. The van der Waals surface area contributed by atoms with Crippen LogP contribution >= 0.6 is 11.3 Å². The number of hydrogen-bond acceptors (Lipinski definition) is 3. The predicted octanol–water partition coefficient (Wildman–Crippen LogP) is 5.02. The van der Waals surface area contributed by atoms with Gasteiger partial charge in [-0.2, -0.15) is 0 Å². The predicted molar refractivity (Wildman–Crippen MR) is 91.8 cm³/mol. The molecule has 21 heavy (non-hydrogen) atoms. The van der Waals surface area contributed by atoms with Gasteiger partial charge in [-0.3, -0.25) is 4.98 Å². The minimum Gasteiger partial charge on any atom is -0.310 e. The summed E-state index contributed by atoms with van der Waals surface area (Å²) in [6, 6.07) is 15.6. The quantitative estimate of drug-likeness (QED) is 0.714. The molecule has 3 aromatic rings. The third kappa shape index (κ3) is 2.99. The fourth-order valence-corrected chi connectivity index (χ4v) is 3.78. The lowest BCUT2D eigenvalue weighted by Crippen LogP contribution is -2.18. The maximum absolute atomic E-state index is 4.38. The van der Waals surface area contributed by atoms with Crippen LogP contribution in [-0.2, 0) is 0 Å². The number of benzene rings is 1. The molecular formula is C18H20N2S. The highest BCUT2D eigenvalue weighted by Crippen LogP contribution is 2.33. The molecule has 0 spiro atoms. The standard InChI is InChI=1S/C18H20N2S/c1-3-15(19-4-2)18-10-9-17(21-18)14-7-8-16-13(12-14)6-5-11-20-16/h5-12,15,19H,3-4H2,1-2H3. The summed E-state index contributed by atoms with van der Waals surface area (Å²) in [7, 11) is 0. The van der Waals surface area contributed by atoms with E-state index in [2.05, 4.69) is 60.5 Å². The molecule has 3 rings (SSSR count). The SMILES string of the molecule is CCNC(CC)c1ccc(-c2ccc3ncccc3c2)s1. The Kier molecular flexibility index (Phi) is 4.32. The lowest BCUT2D eigenvalue weighted by Gasteiger charge is -2.13. The van der Waals surface area contributed by atoms with Crippen LogP contribution in [0.3, 0.4) is 0 Å². The largest absolute Gasteiger partial charge is 0.310 e. The molecule has 0 radical (unpaired) electrons. The first-order valence-electron chi connectivity index (χ1n) is 7.50. The molecule has 3 heteroatoms. The van der Waals surface area contributed by atoms with Gasteiger partial charge in [-0.1, -0.05) is 26.0 Å². The van der Waals surface area contributed by atoms with Crippen molar-refractivity contribution in [2.24, 2.45) is 0 Å². The van der Waals surface area contributed by atoms with E-state index in [4.69, 9.17) is 0 Å². The van der Waals surface area contributed by atoms with Gasteiger partial charge in [-0.25, -0.2) is 0 Å². The third-order valence-corrected chi connectivity index (χ3v) is 4.96. The van der Waals surface area contributed by atoms with Gasteiger partial charge < -0.3 is 5.32 Å². The number of hydrogen-bond donors (Lipinski definition) is 1. The second kappa shape index (κ2) is 6.37. The first kappa shape index (κ1) is 14.2. The Morgan fingerprint density at radius 2 is 2.05 bits per heavy atom. The zero-order valence-electron chi connectivity index (χ0n) is 12.5. The highest BCUT2D eigenvalue weighted by atomic mass is 32.1. The van der Waals surface area contributed by atoms with E-state index in [1.807, 2.05) is 23.6 Å². The molecular weight excluding hydrogens is 276 g/mol. The van der Waals surface area contributed by atoms with Crippen LogP contribution in [0.1, 0.15) is 31.2 Å². The fourth-order valence-electron chi connectivity index (χ4n) is 2.62. The average Bonchev–Trinajstić information content (AvgIpc) is 3.02. The monoisotopic (exact) mass is 296 g/mol. The van der Waals surface area contributed by atoms with Crippen LogP contribution in [0, 0.1) is 0 Å². The smallest absolute Gasteiger partial charge is 0.0702 e. The van der Waals surface area contributed by atoms with Crippen LogP contribution in [0.5, 0.6) is 0 Å². The van der Waals surface area contributed by atoms with Crippen molar-refractivity contribution in [1.29, 1.82) is 0 Å². The number of nitrogens with one attached hydrogen (secondary N) is 1. The third-order valence-electron chi connectivity index (χ3n) is 3.72. The van der Waals surface area contributed by atoms with Crippen molar-refractivity contribution in [1.82, 2.24) is 10.3 Å². The van der Waals surface area contributed by atoms with Crippen molar-refractivity contribution in [2.75, 3.05) is 6.54 Å². The van der Waals surface area contributed by atoms with Crippen molar-refractivity contribution in [3.63, 3.8) is 0 Å². The molecule has 2 heterocycles. The van der Waals surface area contributed by atoms with Crippen molar-refractivity contribution < 1.29 is 0 Å². The lowest BCUT2D eigenvalue weighted by atomic mass is 10.1. The Morgan fingerprint density at radius 3 is 2.86 bits per heavy atom. The van der Waals surface area contributed by atoms with Gasteiger partial charge in [0.25, 0.3) is 0 Å².